The molecule has 1 aromatic rings. The highest BCUT2D eigenvalue weighted by molar-refractivity contribution is 9.09. The van der Waals surface area contributed by atoms with E-state index in [4.69, 9.17) is 0 Å². The van der Waals surface area contributed by atoms with E-state index in [1.54, 1.807) is 12.1 Å². The molecule has 1 rings (SSSR count). The molecular weight excluding hydrogens is 312 g/mol. The average Bonchev–Trinajstić information content (AvgIpc) is 2.36. The maximum atomic E-state index is 13.2. The summed E-state index contributed by atoms with van der Waals surface area (Å²) in [6, 6.07) is 6.35. The Morgan fingerprint density at radius 1 is 1.11 bits per heavy atom. The van der Waals surface area contributed by atoms with E-state index in [0.717, 1.165) is 12.0 Å². The summed E-state index contributed by atoms with van der Waals surface area (Å²) >= 11 is 2.66. The molecule has 18 heavy (non-hydrogen) atoms. The number of hydrogen-bond donors (Lipinski definition) is 0. The van der Waals surface area contributed by atoms with E-state index >= 15 is 0 Å². The minimum absolute atomic E-state index is 0.160. The fraction of sp³-hybridized carbons (Fsp3) is 0.538. The Morgan fingerprint density at radius 3 is 1.94 bits per heavy atom. The van der Waals surface area contributed by atoms with Gasteiger partial charge in [0.25, 0.3) is 0 Å². The zero-order valence-corrected chi connectivity index (χ0v) is 11.7. The molecule has 0 bridgehead atoms. The maximum absolute atomic E-state index is 13.2. The van der Waals surface area contributed by atoms with E-state index < -0.39 is 17.2 Å². The molecule has 0 aliphatic rings. The van der Waals surface area contributed by atoms with Crippen molar-refractivity contribution in [3.05, 3.63) is 35.4 Å². The van der Waals surface area contributed by atoms with Crippen molar-refractivity contribution in [2.45, 2.75) is 43.4 Å². The van der Waals surface area contributed by atoms with Gasteiger partial charge in [0.15, 0.2) is 0 Å². The van der Waals surface area contributed by atoms with Crippen LogP contribution >= 0.6 is 15.9 Å². The first-order valence-corrected chi connectivity index (χ1v) is 6.62. The van der Waals surface area contributed by atoms with E-state index in [2.05, 4.69) is 15.9 Å². The average molecular weight is 327 g/mol. The van der Waals surface area contributed by atoms with Gasteiger partial charge in [0.1, 0.15) is 4.83 Å². The summed E-state index contributed by atoms with van der Waals surface area (Å²) in [5.74, 6) is -3.75. The van der Waals surface area contributed by atoms with Gasteiger partial charge in [-0.3, -0.25) is 0 Å². The Balaban J connectivity index is 2.92. The van der Waals surface area contributed by atoms with E-state index in [1.807, 2.05) is 13.8 Å². The quantitative estimate of drug-likeness (QED) is 0.492. The van der Waals surface area contributed by atoms with Crippen molar-refractivity contribution in [3.8, 4) is 0 Å². The zero-order chi connectivity index (χ0) is 13.9. The lowest BCUT2D eigenvalue weighted by Gasteiger charge is -2.22. The van der Waals surface area contributed by atoms with Crippen molar-refractivity contribution in [2.75, 3.05) is 0 Å². The highest BCUT2D eigenvalue weighted by atomic mass is 79.9. The first-order chi connectivity index (χ1) is 8.30. The SMILES string of the molecule is CCC(C)c1ccc(C(Br)C(F)(F)C(F)F)cc1. The van der Waals surface area contributed by atoms with Gasteiger partial charge in [-0.15, -0.1) is 0 Å². The monoisotopic (exact) mass is 326 g/mol. The van der Waals surface area contributed by atoms with Gasteiger partial charge in [-0.25, -0.2) is 8.78 Å². The molecule has 2 unspecified atom stereocenters. The van der Waals surface area contributed by atoms with Crippen LogP contribution in [0.3, 0.4) is 0 Å². The molecule has 5 heteroatoms. The largest absolute Gasteiger partial charge is 0.323 e. The smallest absolute Gasteiger partial charge is 0.204 e. The predicted molar refractivity (Wildman–Crippen MR) is 67.8 cm³/mol. The Morgan fingerprint density at radius 2 is 1.56 bits per heavy atom. The van der Waals surface area contributed by atoms with Crippen LogP contribution in [0.1, 0.15) is 42.1 Å². The van der Waals surface area contributed by atoms with Gasteiger partial charge in [-0.1, -0.05) is 54.0 Å². The summed E-state index contributed by atoms with van der Waals surface area (Å²) in [4.78, 5) is -1.67. The van der Waals surface area contributed by atoms with Crippen molar-refractivity contribution in [1.82, 2.24) is 0 Å². The summed E-state index contributed by atoms with van der Waals surface area (Å²) < 4.78 is 50.8. The van der Waals surface area contributed by atoms with Crippen LogP contribution in [0.4, 0.5) is 17.6 Å². The van der Waals surface area contributed by atoms with E-state index in [1.165, 1.54) is 12.1 Å². The van der Waals surface area contributed by atoms with E-state index in [9.17, 15) is 17.6 Å². The highest BCUT2D eigenvalue weighted by Crippen LogP contribution is 2.42. The van der Waals surface area contributed by atoms with Gasteiger partial charge in [-0.05, 0) is 23.5 Å². The molecule has 0 spiro atoms. The van der Waals surface area contributed by atoms with Crippen molar-refractivity contribution in [3.63, 3.8) is 0 Å². The number of alkyl halides is 5. The molecule has 102 valence electrons. The lowest BCUT2D eigenvalue weighted by molar-refractivity contribution is -0.127. The molecule has 0 saturated heterocycles. The molecule has 0 N–H and O–H groups in total. The summed E-state index contributed by atoms with van der Waals surface area (Å²) in [5.41, 5.74) is 1.17. The minimum atomic E-state index is -4.07. The van der Waals surface area contributed by atoms with Crippen LogP contribution < -0.4 is 0 Å². The molecule has 0 aliphatic carbocycles. The van der Waals surface area contributed by atoms with Gasteiger partial charge in [0.05, 0.1) is 0 Å². The summed E-state index contributed by atoms with van der Waals surface area (Å²) in [6.07, 6.45) is -2.75. The van der Waals surface area contributed by atoms with Crippen LogP contribution in [-0.2, 0) is 0 Å². The molecule has 0 fully saturated rings. The van der Waals surface area contributed by atoms with Crippen LogP contribution in [0.25, 0.3) is 0 Å². The standard InChI is InChI=1S/C13H15BrF4/c1-3-8(2)9-4-6-10(7-5-9)11(14)13(17,18)12(15)16/h4-8,11-12H,3H2,1-2H3. The fourth-order valence-electron chi connectivity index (χ4n) is 1.56. The second-order valence-corrected chi connectivity index (χ2v) is 5.23. The number of halogens is 5. The van der Waals surface area contributed by atoms with Crippen LogP contribution in [0.2, 0.25) is 0 Å². The third-order valence-corrected chi connectivity index (χ3v) is 4.18. The maximum Gasteiger partial charge on any atom is 0.323 e. The highest BCUT2D eigenvalue weighted by Gasteiger charge is 2.48. The van der Waals surface area contributed by atoms with Crippen LogP contribution in [0, 0.1) is 0 Å². The second-order valence-electron chi connectivity index (χ2n) is 4.31. The van der Waals surface area contributed by atoms with Crippen molar-refractivity contribution >= 4 is 15.9 Å². The summed E-state index contributed by atoms with van der Waals surface area (Å²) in [6.45, 7) is 4.05. The van der Waals surface area contributed by atoms with Gasteiger partial charge >= 0.3 is 12.3 Å². The lowest BCUT2D eigenvalue weighted by Crippen LogP contribution is -2.31. The Hall–Kier alpha value is -0.580. The molecule has 0 aromatic heterocycles. The molecule has 0 aliphatic heterocycles. The number of rotatable bonds is 5. The van der Waals surface area contributed by atoms with Crippen molar-refractivity contribution in [1.29, 1.82) is 0 Å². The lowest BCUT2D eigenvalue weighted by atomic mass is 9.96. The van der Waals surface area contributed by atoms with E-state index in [-0.39, 0.29) is 5.56 Å². The predicted octanol–water partition coefficient (Wildman–Crippen LogP) is 5.54. The number of benzene rings is 1. The zero-order valence-electron chi connectivity index (χ0n) is 10.1. The van der Waals surface area contributed by atoms with Crippen molar-refractivity contribution in [2.24, 2.45) is 0 Å². The summed E-state index contributed by atoms with van der Waals surface area (Å²) in [5, 5.41) is 0. The first-order valence-electron chi connectivity index (χ1n) is 5.70. The number of hydrogen-bond acceptors (Lipinski definition) is 0. The van der Waals surface area contributed by atoms with Crippen LogP contribution in [0.15, 0.2) is 24.3 Å². The fourth-order valence-corrected chi connectivity index (χ4v) is 2.07. The Labute approximate surface area is 113 Å². The van der Waals surface area contributed by atoms with Crippen molar-refractivity contribution < 1.29 is 17.6 Å². The van der Waals surface area contributed by atoms with Gasteiger partial charge in [-0.2, -0.15) is 8.78 Å². The molecule has 0 saturated carbocycles. The third-order valence-electron chi connectivity index (χ3n) is 3.04. The molecule has 0 amide bonds. The minimum Gasteiger partial charge on any atom is -0.204 e. The molecule has 1 aromatic carbocycles. The molecular formula is C13H15BrF4. The van der Waals surface area contributed by atoms with E-state index in [0.29, 0.717) is 5.92 Å². The van der Waals surface area contributed by atoms with Gasteiger partial charge in [0.2, 0.25) is 0 Å². The van der Waals surface area contributed by atoms with Gasteiger partial charge < -0.3 is 0 Å². The van der Waals surface area contributed by atoms with Gasteiger partial charge in [0, 0.05) is 0 Å². The summed E-state index contributed by atoms with van der Waals surface area (Å²) in [7, 11) is 0. The second kappa shape index (κ2) is 6.04. The van der Waals surface area contributed by atoms with Crippen LogP contribution in [-0.4, -0.2) is 12.3 Å². The normalized spacial score (nSPS) is 15.8. The topological polar surface area (TPSA) is 0 Å². The molecule has 0 nitrogen and oxygen atoms in total. The van der Waals surface area contributed by atoms with Crippen LogP contribution in [0.5, 0.6) is 0 Å². The first kappa shape index (κ1) is 15.5. The molecule has 0 heterocycles. The Kier molecular flexibility index (Phi) is 5.20. The third kappa shape index (κ3) is 3.25. The molecule has 0 radical (unpaired) electrons. The molecule has 2 atom stereocenters. The Bertz CT molecular complexity index is 375.